The first-order valence-corrected chi connectivity index (χ1v) is 6.46. The molecule has 0 aliphatic carbocycles. The van der Waals surface area contributed by atoms with E-state index >= 15 is 0 Å². The zero-order valence-corrected chi connectivity index (χ0v) is 11.0. The van der Waals surface area contributed by atoms with Gasteiger partial charge in [0.25, 0.3) is 0 Å². The molecule has 1 aromatic carbocycles. The molecule has 0 saturated carbocycles. The minimum absolute atomic E-state index is 0.0408. The van der Waals surface area contributed by atoms with E-state index in [9.17, 15) is 9.59 Å². The van der Waals surface area contributed by atoms with Crippen LogP contribution in [0.5, 0.6) is 0 Å². The summed E-state index contributed by atoms with van der Waals surface area (Å²) >= 11 is 0.991. The summed E-state index contributed by atoms with van der Waals surface area (Å²) in [6.45, 7) is 2.14. The highest BCUT2D eigenvalue weighted by Gasteiger charge is 2.07. The Morgan fingerprint density at radius 3 is 2.78 bits per heavy atom. The average Bonchev–Trinajstić information content (AvgIpc) is 2.35. The van der Waals surface area contributed by atoms with Gasteiger partial charge in [0.05, 0.1) is 6.54 Å². The number of rotatable bonds is 7. The minimum atomic E-state index is -0.276. The Morgan fingerprint density at radius 2 is 2.11 bits per heavy atom. The molecule has 6 heteroatoms. The normalized spacial score (nSPS) is 11.6. The Morgan fingerprint density at radius 1 is 1.39 bits per heavy atom. The molecule has 1 unspecified atom stereocenters. The summed E-state index contributed by atoms with van der Waals surface area (Å²) in [5.41, 5.74) is 1.18. The van der Waals surface area contributed by atoms with Crippen molar-refractivity contribution in [3.63, 3.8) is 0 Å². The number of nitrogens with one attached hydrogen (secondary N) is 3. The number of hydrogen-bond acceptors (Lipinski definition) is 4. The van der Waals surface area contributed by atoms with Crippen LogP contribution in [0.2, 0.25) is 0 Å². The van der Waals surface area contributed by atoms with Gasteiger partial charge in [-0.15, -0.1) is 0 Å². The van der Waals surface area contributed by atoms with Crippen molar-refractivity contribution in [2.24, 2.45) is 0 Å². The zero-order chi connectivity index (χ0) is 13.2. The van der Waals surface area contributed by atoms with Crippen LogP contribution in [0, 0.1) is 0 Å². The van der Waals surface area contributed by atoms with Crippen LogP contribution in [0.4, 0.5) is 4.79 Å². The molecule has 0 fully saturated rings. The Bertz CT molecular complexity index is 373. The Kier molecular flexibility index (Phi) is 6.90. The van der Waals surface area contributed by atoms with Crippen molar-refractivity contribution in [1.29, 1.82) is 0 Å². The summed E-state index contributed by atoms with van der Waals surface area (Å²) in [5, 5.41) is 2.81. The predicted molar refractivity (Wildman–Crippen MR) is 72.9 cm³/mol. The summed E-state index contributed by atoms with van der Waals surface area (Å²) in [4.78, 5) is 21.5. The molecule has 1 aromatic rings. The number of amides is 2. The number of carbonyl (C=O) groups is 2. The van der Waals surface area contributed by atoms with E-state index in [1.54, 1.807) is 0 Å². The second kappa shape index (κ2) is 8.54. The molecule has 0 saturated heterocycles. The fourth-order valence-corrected chi connectivity index (χ4v) is 1.81. The van der Waals surface area contributed by atoms with E-state index in [0.29, 0.717) is 0 Å². The van der Waals surface area contributed by atoms with Gasteiger partial charge in [0.1, 0.15) is 6.29 Å². The van der Waals surface area contributed by atoms with E-state index in [2.05, 4.69) is 14.8 Å². The highest BCUT2D eigenvalue weighted by molar-refractivity contribution is 7.96. The summed E-state index contributed by atoms with van der Waals surface area (Å²) in [7, 11) is 0. The minimum Gasteiger partial charge on any atom is -0.335 e. The standard InChI is InChI=1S/C12H17N3O2S/c1-10(9-11-5-3-2-4-6-11)14-12(17)15-18-13-7-8-16/h2-6,8,10,13H,7,9H2,1H3,(H2,14,15,17). The van der Waals surface area contributed by atoms with Crippen LogP contribution >= 0.6 is 12.1 Å². The molecule has 0 aliphatic rings. The van der Waals surface area contributed by atoms with Gasteiger partial charge in [-0.2, -0.15) is 0 Å². The first-order chi connectivity index (χ1) is 8.72. The van der Waals surface area contributed by atoms with Crippen molar-refractivity contribution in [1.82, 2.24) is 14.8 Å². The lowest BCUT2D eigenvalue weighted by Gasteiger charge is -2.14. The third kappa shape index (κ3) is 6.27. The molecule has 5 nitrogen and oxygen atoms in total. The van der Waals surface area contributed by atoms with Crippen LogP contribution in [-0.2, 0) is 11.2 Å². The summed E-state index contributed by atoms with van der Waals surface area (Å²) < 4.78 is 5.20. The maximum atomic E-state index is 11.4. The quantitative estimate of drug-likeness (QED) is 0.395. The molecule has 2 amide bonds. The van der Waals surface area contributed by atoms with E-state index in [1.165, 1.54) is 5.56 Å². The molecule has 1 atom stereocenters. The number of hydrogen-bond donors (Lipinski definition) is 3. The number of aldehydes is 1. The van der Waals surface area contributed by atoms with Crippen LogP contribution in [0.25, 0.3) is 0 Å². The van der Waals surface area contributed by atoms with Gasteiger partial charge in [-0.3, -0.25) is 4.72 Å². The molecule has 0 heterocycles. The summed E-state index contributed by atoms with van der Waals surface area (Å²) in [5.74, 6) is 0. The highest BCUT2D eigenvalue weighted by Crippen LogP contribution is 2.02. The van der Waals surface area contributed by atoms with E-state index < -0.39 is 0 Å². The lowest BCUT2D eigenvalue weighted by atomic mass is 10.1. The fraction of sp³-hybridized carbons (Fsp3) is 0.333. The molecule has 3 N–H and O–H groups in total. The molecule has 1 rings (SSSR count). The Labute approximate surface area is 111 Å². The maximum absolute atomic E-state index is 11.4. The molecule has 18 heavy (non-hydrogen) atoms. The van der Waals surface area contributed by atoms with Crippen molar-refractivity contribution in [2.75, 3.05) is 6.54 Å². The third-order valence-corrected chi connectivity index (χ3v) is 2.74. The third-order valence-electron chi connectivity index (χ3n) is 2.14. The first-order valence-electron chi connectivity index (χ1n) is 5.65. The van der Waals surface area contributed by atoms with Gasteiger partial charge in [-0.05, 0) is 18.9 Å². The monoisotopic (exact) mass is 267 g/mol. The van der Waals surface area contributed by atoms with E-state index in [1.807, 2.05) is 37.3 Å². The predicted octanol–water partition coefficient (Wildman–Crippen LogP) is 1.27. The van der Waals surface area contributed by atoms with E-state index in [4.69, 9.17) is 0 Å². The number of urea groups is 1. The smallest absolute Gasteiger partial charge is 0.325 e. The molecule has 0 radical (unpaired) electrons. The van der Waals surface area contributed by atoms with Gasteiger partial charge in [-0.1, -0.05) is 30.3 Å². The number of benzene rings is 1. The van der Waals surface area contributed by atoms with Crippen molar-refractivity contribution in [3.8, 4) is 0 Å². The molecular weight excluding hydrogens is 250 g/mol. The lowest BCUT2D eigenvalue weighted by Crippen LogP contribution is -2.40. The maximum Gasteiger partial charge on any atom is 0.325 e. The van der Waals surface area contributed by atoms with Crippen molar-refractivity contribution >= 4 is 24.5 Å². The SMILES string of the molecule is CC(Cc1ccccc1)NC(=O)NSNCC=O. The van der Waals surface area contributed by atoms with Crippen LogP contribution in [0.1, 0.15) is 12.5 Å². The second-order valence-corrected chi connectivity index (χ2v) is 4.48. The fourth-order valence-electron chi connectivity index (χ4n) is 1.43. The van der Waals surface area contributed by atoms with Gasteiger partial charge in [0.2, 0.25) is 0 Å². The van der Waals surface area contributed by atoms with Crippen molar-refractivity contribution in [2.45, 2.75) is 19.4 Å². The van der Waals surface area contributed by atoms with E-state index in [-0.39, 0.29) is 18.6 Å². The van der Waals surface area contributed by atoms with Crippen LogP contribution in [-0.4, -0.2) is 24.9 Å². The van der Waals surface area contributed by atoms with E-state index in [0.717, 1.165) is 24.8 Å². The van der Waals surface area contributed by atoms with Gasteiger partial charge in [0.15, 0.2) is 0 Å². The molecule has 0 aromatic heterocycles. The molecule has 0 aliphatic heterocycles. The molecular formula is C12H17N3O2S. The zero-order valence-electron chi connectivity index (χ0n) is 10.2. The topological polar surface area (TPSA) is 70.2 Å². The van der Waals surface area contributed by atoms with Crippen molar-refractivity contribution < 1.29 is 9.59 Å². The van der Waals surface area contributed by atoms with Crippen molar-refractivity contribution in [3.05, 3.63) is 35.9 Å². The Hall–Kier alpha value is -1.53. The first kappa shape index (κ1) is 14.5. The summed E-state index contributed by atoms with van der Waals surface area (Å²) in [6, 6.07) is 9.72. The second-order valence-electron chi connectivity index (χ2n) is 3.78. The lowest BCUT2D eigenvalue weighted by molar-refractivity contribution is -0.106. The summed E-state index contributed by atoms with van der Waals surface area (Å²) in [6.07, 6.45) is 1.51. The van der Waals surface area contributed by atoms with Gasteiger partial charge >= 0.3 is 6.03 Å². The van der Waals surface area contributed by atoms with Gasteiger partial charge in [0, 0.05) is 18.2 Å². The average molecular weight is 267 g/mol. The number of carbonyl (C=O) groups excluding carboxylic acids is 2. The largest absolute Gasteiger partial charge is 0.335 e. The molecule has 0 spiro atoms. The molecule has 98 valence electrons. The van der Waals surface area contributed by atoms with Crippen LogP contribution in [0.15, 0.2) is 30.3 Å². The molecule has 0 bridgehead atoms. The van der Waals surface area contributed by atoms with Crippen LogP contribution in [0.3, 0.4) is 0 Å². The Balaban J connectivity index is 2.21. The highest BCUT2D eigenvalue weighted by atomic mass is 32.2. The van der Waals surface area contributed by atoms with Crippen LogP contribution < -0.4 is 14.8 Å². The van der Waals surface area contributed by atoms with Gasteiger partial charge in [-0.25, -0.2) is 9.52 Å². The van der Waals surface area contributed by atoms with Gasteiger partial charge < -0.3 is 10.1 Å².